The number of halogens is 1. The van der Waals surface area contributed by atoms with Gasteiger partial charge in [0.2, 0.25) is 5.91 Å². The summed E-state index contributed by atoms with van der Waals surface area (Å²) in [6.45, 7) is 2.19. The number of nitrogens with one attached hydrogen (secondary N) is 1. The lowest BCUT2D eigenvalue weighted by Gasteiger charge is -2.09. The zero-order valence-electron chi connectivity index (χ0n) is 18.5. The van der Waals surface area contributed by atoms with Crippen molar-refractivity contribution in [3.63, 3.8) is 0 Å². The van der Waals surface area contributed by atoms with E-state index in [9.17, 15) is 10.1 Å². The summed E-state index contributed by atoms with van der Waals surface area (Å²) in [5.41, 5.74) is 2.70. The van der Waals surface area contributed by atoms with Crippen LogP contribution < -0.4 is 10.1 Å². The third-order valence-electron chi connectivity index (χ3n) is 5.54. The van der Waals surface area contributed by atoms with Crippen LogP contribution in [0.25, 0.3) is 0 Å². The van der Waals surface area contributed by atoms with Crippen molar-refractivity contribution in [2.45, 2.75) is 50.8 Å². The Kier molecular flexibility index (Phi) is 7.58. The number of carbonyl (C=O) groups is 1. The molecule has 33 heavy (non-hydrogen) atoms. The third kappa shape index (κ3) is 5.52. The summed E-state index contributed by atoms with van der Waals surface area (Å²) in [7, 11) is 1.84. The molecule has 2 heterocycles. The van der Waals surface area contributed by atoms with E-state index in [1.54, 1.807) is 17.4 Å². The summed E-state index contributed by atoms with van der Waals surface area (Å²) in [4.78, 5) is 13.8. The summed E-state index contributed by atoms with van der Waals surface area (Å²) in [6.07, 6.45) is 5.32. The third-order valence-corrected chi connectivity index (χ3v) is 8.00. The van der Waals surface area contributed by atoms with E-state index in [1.807, 2.05) is 30.7 Å². The van der Waals surface area contributed by atoms with E-state index in [0.29, 0.717) is 26.6 Å². The van der Waals surface area contributed by atoms with Crippen molar-refractivity contribution in [2.75, 3.05) is 11.1 Å². The Morgan fingerprint density at radius 1 is 1.33 bits per heavy atom. The molecule has 0 fully saturated rings. The van der Waals surface area contributed by atoms with E-state index < -0.39 is 0 Å². The van der Waals surface area contributed by atoms with Crippen molar-refractivity contribution in [1.29, 1.82) is 5.26 Å². The number of nitriles is 1. The summed E-state index contributed by atoms with van der Waals surface area (Å²) in [5, 5.41) is 22.9. The predicted molar refractivity (Wildman–Crippen MR) is 131 cm³/mol. The van der Waals surface area contributed by atoms with Gasteiger partial charge in [-0.1, -0.05) is 29.8 Å². The van der Waals surface area contributed by atoms with Gasteiger partial charge in [0.15, 0.2) is 11.0 Å². The number of amides is 1. The largest absolute Gasteiger partial charge is 0.485 e. The van der Waals surface area contributed by atoms with E-state index in [1.165, 1.54) is 23.1 Å². The zero-order chi connectivity index (χ0) is 23.4. The highest BCUT2D eigenvalue weighted by Crippen LogP contribution is 2.37. The number of aryl methyl sites for hydroxylation is 2. The van der Waals surface area contributed by atoms with E-state index in [4.69, 9.17) is 16.3 Å². The number of fused-ring (bicyclic) bond motifs is 1. The minimum atomic E-state index is -0.162. The second-order valence-electron chi connectivity index (χ2n) is 7.87. The van der Waals surface area contributed by atoms with Crippen molar-refractivity contribution in [2.24, 2.45) is 7.05 Å². The number of carbonyl (C=O) groups excluding carboxylic acids is 1. The van der Waals surface area contributed by atoms with Gasteiger partial charge in [0.1, 0.15) is 23.4 Å². The molecule has 172 valence electrons. The first-order chi connectivity index (χ1) is 16.0. The first-order valence-corrected chi connectivity index (χ1v) is 12.9. The molecule has 10 heteroatoms. The average Bonchev–Trinajstić information content (AvgIpc) is 3.20. The molecule has 0 radical (unpaired) electrons. The second kappa shape index (κ2) is 10.6. The van der Waals surface area contributed by atoms with Crippen LogP contribution in [0.2, 0.25) is 5.02 Å². The second-order valence-corrected chi connectivity index (χ2v) is 10.4. The lowest BCUT2D eigenvalue weighted by atomic mass is 10.1. The molecule has 1 amide bonds. The monoisotopic (exact) mass is 501 g/mol. The Morgan fingerprint density at radius 2 is 2.15 bits per heavy atom. The average molecular weight is 502 g/mol. The SMILES string of the molecule is Cc1cc(Cl)ccc1OCc1nnc(SCC(=O)Nc2sc3c(c2C#N)CCCCC3)n1C. The lowest BCUT2D eigenvalue weighted by Crippen LogP contribution is -2.14. The Bertz CT molecular complexity index is 1210. The number of nitrogens with zero attached hydrogens (tertiary/aromatic N) is 4. The molecule has 0 bridgehead atoms. The summed E-state index contributed by atoms with van der Waals surface area (Å²) >= 11 is 8.83. The van der Waals surface area contributed by atoms with Crippen LogP contribution in [-0.2, 0) is 31.3 Å². The maximum Gasteiger partial charge on any atom is 0.235 e. The zero-order valence-corrected chi connectivity index (χ0v) is 20.9. The van der Waals surface area contributed by atoms with Crippen LogP contribution in [0.15, 0.2) is 23.4 Å². The van der Waals surface area contributed by atoms with Crippen LogP contribution in [-0.4, -0.2) is 26.4 Å². The Labute approximate surface area is 206 Å². The molecule has 1 aromatic carbocycles. The topological polar surface area (TPSA) is 92.8 Å². The highest BCUT2D eigenvalue weighted by Gasteiger charge is 2.21. The highest BCUT2D eigenvalue weighted by molar-refractivity contribution is 7.99. The molecule has 0 spiro atoms. The Hall–Kier alpha value is -2.54. The summed E-state index contributed by atoms with van der Waals surface area (Å²) in [6, 6.07) is 7.75. The number of hydrogen-bond donors (Lipinski definition) is 1. The van der Waals surface area contributed by atoms with Gasteiger partial charge >= 0.3 is 0 Å². The summed E-state index contributed by atoms with van der Waals surface area (Å²) < 4.78 is 7.67. The summed E-state index contributed by atoms with van der Waals surface area (Å²) in [5.74, 6) is 1.40. The molecule has 2 aromatic heterocycles. The first-order valence-electron chi connectivity index (χ1n) is 10.7. The molecule has 1 N–H and O–H groups in total. The number of thiophene rings is 1. The van der Waals surface area contributed by atoms with Gasteiger partial charge in [0.05, 0.1) is 11.3 Å². The fraction of sp³-hybridized carbons (Fsp3) is 0.391. The van der Waals surface area contributed by atoms with Crippen LogP contribution >= 0.6 is 34.7 Å². The highest BCUT2D eigenvalue weighted by atomic mass is 35.5. The van der Waals surface area contributed by atoms with E-state index in [0.717, 1.165) is 42.6 Å². The van der Waals surface area contributed by atoms with E-state index in [2.05, 4.69) is 21.6 Å². The van der Waals surface area contributed by atoms with Gasteiger partial charge in [-0.2, -0.15) is 5.26 Å². The van der Waals surface area contributed by atoms with E-state index in [-0.39, 0.29) is 18.3 Å². The number of hydrogen-bond acceptors (Lipinski definition) is 7. The molecule has 1 aliphatic rings. The minimum Gasteiger partial charge on any atom is -0.485 e. The molecule has 0 unspecified atom stereocenters. The van der Waals surface area contributed by atoms with Gasteiger partial charge in [-0.25, -0.2) is 0 Å². The first kappa shape index (κ1) is 23.6. The smallest absolute Gasteiger partial charge is 0.235 e. The fourth-order valence-electron chi connectivity index (χ4n) is 3.76. The van der Waals surface area contributed by atoms with Crippen molar-refractivity contribution in [3.8, 4) is 11.8 Å². The van der Waals surface area contributed by atoms with Gasteiger partial charge in [0, 0.05) is 16.9 Å². The standard InChI is InChI=1S/C23H24ClN5O2S2/c1-14-10-15(24)8-9-18(14)31-12-20-27-28-23(29(20)2)32-13-21(30)26-22-17(11-25)16-6-4-3-5-7-19(16)33-22/h8-10H,3-7,12-13H2,1-2H3,(H,26,30). The van der Waals surface area contributed by atoms with Crippen LogP contribution in [0.5, 0.6) is 5.75 Å². The van der Waals surface area contributed by atoms with Crippen molar-refractivity contribution < 1.29 is 9.53 Å². The van der Waals surface area contributed by atoms with Crippen molar-refractivity contribution in [3.05, 3.63) is 50.6 Å². The predicted octanol–water partition coefficient (Wildman–Crippen LogP) is 5.29. The quantitative estimate of drug-likeness (QED) is 0.349. The number of anilines is 1. The van der Waals surface area contributed by atoms with Gasteiger partial charge in [-0.3, -0.25) is 4.79 Å². The van der Waals surface area contributed by atoms with Crippen LogP contribution in [0.3, 0.4) is 0 Å². The van der Waals surface area contributed by atoms with Gasteiger partial charge in [0.25, 0.3) is 0 Å². The molecule has 0 saturated carbocycles. The molecule has 4 rings (SSSR count). The number of aromatic nitrogens is 3. The van der Waals surface area contributed by atoms with Gasteiger partial charge in [-0.05, 0) is 61.9 Å². The molecular weight excluding hydrogens is 478 g/mol. The maximum absolute atomic E-state index is 12.6. The van der Waals surface area contributed by atoms with Crippen LogP contribution in [0.4, 0.5) is 5.00 Å². The van der Waals surface area contributed by atoms with Crippen molar-refractivity contribution in [1.82, 2.24) is 14.8 Å². The maximum atomic E-state index is 12.6. The van der Waals surface area contributed by atoms with Gasteiger partial charge in [-0.15, -0.1) is 21.5 Å². The fourth-order valence-corrected chi connectivity index (χ4v) is 5.97. The van der Waals surface area contributed by atoms with Crippen molar-refractivity contribution >= 4 is 45.6 Å². The number of benzene rings is 1. The van der Waals surface area contributed by atoms with E-state index >= 15 is 0 Å². The molecular formula is C23H24ClN5O2S2. The molecule has 0 atom stereocenters. The Morgan fingerprint density at radius 3 is 2.94 bits per heavy atom. The number of rotatable bonds is 7. The van der Waals surface area contributed by atoms with Crippen LogP contribution in [0, 0.1) is 18.3 Å². The molecule has 3 aromatic rings. The molecule has 1 aliphatic carbocycles. The minimum absolute atomic E-state index is 0.162. The van der Waals surface area contributed by atoms with Gasteiger partial charge < -0.3 is 14.6 Å². The number of thioether (sulfide) groups is 1. The number of ether oxygens (including phenoxy) is 1. The molecule has 0 saturated heterocycles. The molecule has 7 nitrogen and oxygen atoms in total. The Balaban J connectivity index is 1.35. The van der Waals surface area contributed by atoms with Crippen LogP contribution in [0.1, 0.15) is 46.7 Å². The normalized spacial score (nSPS) is 13.2. The molecule has 0 aliphatic heterocycles. The lowest BCUT2D eigenvalue weighted by molar-refractivity contribution is -0.113.